The summed E-state index contributed by atoms with van der Waals surface area (Å²) in [4.78, 5) is -0.407. The summed E-state index contributed by atoms with van der Waals surface area (Å²) in [6.07, 6.45) is -2.86. The first kappa shape index (κ1) is 13.4. The zero-order valence-corrected chi connectivity index (χ0v) is 10.6. The number of halogens is 4. The van der Waals surface area contributed by atoms with E-state index in [1.165, 1.54) is 6.07 Å². The van der Waals surface area contributed by atoms with Crippen LogP contribution in [0.2, 0.25) is 0 Å². The Hall–Kier alpha value is -0.710. The van der Waals surface area contributed by atoms with E-state index in [2.05, 4.69) is 15.9 Å². The maximum atomic E-state index is 12.5. The van der Waals surface area contributed by atoms with Crippen molar-refractivity contribution in [2.75, 3.05) is 0 Å². The van der Waals surface area contributed by atoms with Gasteiger partial charge in [-0.2, -0.15) is 5.26 Å². The first-order valence-electron chi connectivity index (χ1n) is 3.73. The van der Waals surface area contributed by atoms with Crippen molar-refractivity contribution in [1.29, 1.82) is 5.26 Å². The molecular weight excluding hydrogens is 328 g/mol. The van der Waals surface area contributed by atoms with Gasteiger partial charge in [0.05, 0.1) is 16.5 Å². The molecule has 0 aromatic heterocycles. The second-order valence-corrected chi connectivity index (χ2v) is 6.11. The lowest BCUT2D eigenvalue weighted by molar-refractivity contribution is 0.151. The summed E-state index contributed by atoms with van der Waals surface area (Å²) in [7, 11) is 0.991. The highest BCUT2D eigenvalue weighted by Gasteiger charge is 2.21. The van der Waals surface area contributed by atoms with E-state index in [1.807, 2.05) is 0 Å². The molecule has 0 aliphatic heterocycles. The van der Waals surface area contributed by atoms with Crippen molar-refractivity contribution in [2.45, 2.75) is 11.3 Å². The van der Waals surface area contributed by atoms with Gasteiger partial charge in [-0.15, -0.1) is 0 Å². The topological polar surface area (TPSA) is 57.9 Å². The number of rotatable bonds is 2. The van der Waals surface area contributed by atoms with Gasteiger partial charge >= 0.3 is 0 Å². The third kappa shape index (κ3) is 2.70. The normalized spacial score (nSPS) is 11.5. The molecular formula is C8H3BrClF2NO2S. The van der Waals surface area contributed by atoms with Gasteiger partial charge in [0.15, 0.2) is 0 Å². The lowest BCUT2D eigenvalue weighted by Crippen LogP contribution is -1.98. The van der Waals surface area contributed by atoms with E-state index in [4.69, 9.17) is 15.9 Å². The van der Waals surface area contributed by atoms with E-state index in [0.717, 1.165) is 12.1 Å². The SMILES string of the molecule is N#Cc1cc(S(=O)(=O)Cl)c(Br)cc1C(F)F. The molecule has 0 saturated heterocycles. The minimum atomic E-state index is -4.08. The molecule has 16 heavy (non-hydrogen) atoms. The van der Waals surface area contributed by atoms with E-state index in [9.17, 15) is 17.2 Å². The van der Waals surface area contributed by atoms with E-state index < -0.39 is 31.5 Å². The number of alkyl halides is 2. The maximum Gasteiger partial charge on any atom is 0.265 e. The Bertz CT molecular complexity index is 568. The summed E-state index contributed by atoms with van der Waals surface area (Å²) in [5.74, 6) is 0. The van der Waals surface area contributed by atoms with Crippen molar-refractivity contribution < 1.29 is 17.2 Å². The van der Waals surface area contributed by atoms with Crippen molar-refractivity contribution in [3.05, 3.63) is 27.7 Å². The summed E-state index contributed by atoms with van der Waals surface area (Å²) in [5.41, 5.74) is -0.962. The van der Waals surface area contributed by atoms with Crippen molar-refractivity contribution in [1.82, 2.24) is 0 Å². The minimum Gasteiger partial charge on any atom is -0.207 e. The van der Waals surface area contributed by atoms with Gasteiger partial charge in [0.1, 0.15) is 0 Å². The second kappa shape index (κ2) is 4.65. The first-order chi connectivity index (χ1) is 7.27. The summed E-state index contributed by atoms with van der Waals surface area (Å²) >= 11 is 2.81. The fourth-order valence-electron chi connectivity index (χ4n) is 1.03. The standard InChI is InChI=1S/C8H3BrClF2NO2S/c9-6-2-5(8(11)12)4(3-13)1-7(6)16(10,14)15/h1-2,8H. The second-order valence-electron chi connectivity index (χ2n) is 2.72. The quantitative estimate of drug-likeness (QED) is 0.783. The molecule has 0 unspecified atom stereocenters. The zero-order valence-electron chi connectivity index (χ0n) is 7.42. The van der Waals surface area contributed by atoms with Gasteiger partial charge in [-0.25, -0.2) is 17.2 Å². The lowest BCUT2D eigenvalue weighted by Gasteiger charge is -2.06. The molecule has 3 nitrogen and oxygen atoms in total. The van der Waals surface area contributed by atoms with Gasteiger partial charge in [-0.3, -0.25) is 0 Å². The van der Waals surface area contributed by atoms with Crippen LogP contribution < -0.4 is 0 Å². The van der Waals surface area contributed by atoms with Crippen LogP contribution >= 0.6 is 26.6 Å². The van der Waals surface area contributed by atoms with Crippen LogP contribution in [-0.2, 0) is 9.05 Å². The summed E-state index contributed by atoms with van der Waals surface area (Å²) in [6, 6.07) is 3.18. The number of nitrogens with zero attached hydrogens (tertiary/aromatic N) is 1. The third-order valence-corrected chi connectivity index (χ3v) is 4.00. The van der Waals surface area contributed by atoms with Crippen LogP contribution in [0.5, 0.6) is 0 Å². The predicted octanol–water partition coefficient (Wildman–Crippen LogP) is 3.19. The van der Waals surface area contributed by atoms with Gasteiger partial charge in [0.25, 0.3) is 15.5 Å². The summed E-state index contributed by atoms with van der Waals surface area (Å²) < 4.78 is 46.9. The highest BCUT2D eigenvalue weighted by Crippen LogP contribution is 2.32. The van der Waals surface area contributed by atoms with Gasteiger partial charge in [-0.1, -0.05) is 0 Å². The number of hydrogen-bond acceptors (Lipinski definition) is 3. The van der Waals surface area contributed by atoms with Gasteiger partial charge in [0, 0.05) is 20.7 Å². The molecule has 0 fully saturated rings. The smallest absolute Gasteiger partial charge is 0.207 e. The molecule has 1 rings (SSSR count). The molecule has 86 valence electrons. The molecule has 0 aliphatic carbocycles. The molecule has 0 saturated carbocycles. The van der Waals surface area contributed by atoms with Crippen LogP contribution in [0, 0.1) is 11.3 Å². The Morgan fingerprint density at radius 1 is 1.44 bits per heavy atom. The average molecular weight is 331 g/mol. The Kier molecular flexibility index (Phi) is 3.88. The number of benzene rings is 1. The van der Waals surface area contributed by atoms with Crippen LogP contribution in [-0.4, -0.2) is 8.42 Å². The molecule has 1 aromatic carbocycles. The molecule has 0 bridgehead atoms. The molecule has 0 radical (unpaired) electrons. The monoisotopic (exact) mass is 329 g/mol. The largest absolute Gasteiger partial charge is 0.265 e. The fourth-order valence-corrected chi connectivity index (χ4v) is 3.25. The molecule has 0 atom stereocenters. The van der Waals surface area contributed by atoms with Crippen LogP contribution in [0.25, 0.3) is 0 Å². The molecule has 0 N–H and O–H groups in total. The maximum absolute atomic E-state index is 12.5. The summed E-state index contributed by atoms with van der Waals surface area (Å²) in [5, 5.41) is 8.61. The van der Waals surface area contributed by atoms with Crippen molar-refractivity contribution in [3.63, 3.8) is 0 Å². The van der Waals surface area contributed by atoms with Crippen LogP contribution in [0.3, 0.4) is 0 Å². The number of nitriles is 1. The van der Waals surface area contributed by atoms with E-state index in [1.54, 1.807) is 0 Å². The Morgan fingerprint density at radius 3 is 2.38 bits per heavy atom. The lowest BCUT2D eigenvalue weighted by atomic mass is 10.1. The van der Waals surface area contributed by atoms with Gasteiger partial charge < -0.3 is 0 Å². The van der Waals surface area contributed by atoms with E-state index in [-0.39, 0.29) is 4.47 Å². The van der Waals surface area contributed by atoms with Crippen LogP contribution in [0.1, 0.15) is 17.6 Å². The molecule has 8 heteroatoms. The summed E-state index contributed by atoms with van der Waals surface area (Å²) in [6.45, 7) is 0. The Balaban J connectivity index is 3.58. The Labute approximate surface area is 103 Å². The fraction of sp³-hybridized carbons (Fsp3) is 0.125. The molecule has 0 aliphatic rings. The highest BCUT2D eigenvalue weighted by atomic mass is 79.9. The third-order valence-electron chi connectivity index (χ3n) is 1.72. The van der Waals surface area contributed by atoms with E-state index >= 15 is 0 Å². The van der Waals surface area contributed by atoms with Gasteiger partial charge in [0.2, 0.25) is 0 Å². The number of hydrogen-bond donors (Lipinski definition) is 0. The molecule has 0 amide bonds. The van der Waals surface area contributed by atoms with Crippen molar-refractivity contribution >= 4 is 35.7 Å². The Morgan fingerprint density at radius 2 is 2.00 bits per heavy atom. The average Bonchev–Trinajstić information content (AvgIpc) is 2.15. The minimum absolute atomic E-state index is 0.100. The predicted molar refractivity (Wildman–Crippen MR) is 56.9 cm³/mol. The van der Waals surface area contributed by atoms with Crippen molar-refractivity contribution in [2.24, 2.45) is 0 Å². The van der Waals surface area contributed by atoms with Crippen LogP contribution in [0.15, 0.2) is 21.5 Å². The zero-order chi connectivity index (χ0) is 12.5. The molecule has 1 aromatic rings. The van der Waals surface area contributed by atoms with E-state index in [0.29, 0.717) is 0 Å². The van der Waals surface area contributed by atoms with Gasteiger partial charge in [-0.05, 0) is 28.1 Å². The molecule has 0 heterocycles. The molecule has 0 spiro atoms. The first-order valence-corrected chi connectivity index (χ1v) is 6.84. The van der Waals surface area contributed by atoms with Crippen LogP contribution in [0.4, 0.5) is 8.78 Å². The highest BCUT2D eigenvalue weighted by molar-refractivity contribution is 9.10. The van der Waals surface area contributed by atoms with Crippen molar-refractivity contribution in [3.8, 4) is 6.07 Å².